The lowest BCUT2D eigenvalue weighted by atomic mass is 10.0. The maximum Gasteiger partial charge on any atom is 0.265 e. The Hall–Kier alpha value is -3.62. The number of nitrogens with zero attached hydrogens (tertiary/aromatic N) is 3. The normalized spacial score (nSPS) is 19.0. The zero-order valence-corrected chi connectivity index (χ0v) is 21.7. The summed E-state index contributed by atoms with van der Waals surface area (Å²) in [7, 11) is -4.01. The molecule has 3 aromatic carbocycles. The summed E-state index contributed by atoms with van der Waals surface area (Å²) < 4.78 is 28.4. The number of benzene rings is 3. The van der Waals surface area contributed by atoms with Crippen LogP contribution in [0.4, 0.5) is 5.69 Å². The average Bonchev–Trinajstić information content (AvgIpc) is 2.93. The Kier molecular flexibility index (Phi) is 7.04. The molecule has 1 saturated heterocycles. The van der Waals surface area contributed by atoms with Crippen molar-refractivity contribution >= 4 is 27.3 Å². The molecule has 7 nitrogen and oxygen atoms in total. The lowest BCUT2D eigenvalue weighted by Crippen LogP contribution is -2.47. The molecular weight excluding hydrogens is 486 g/mol. The lowest BCUT2D eigenvalue weighted by Gasteiger charge is -2.37. The second kappa shape index (κ2) is 10.4. The summed E-state index contributed by atoms with van der Waals surface area (Å²) in [5.74, 6) is -0.806. The third-order valence-electron chi connectivity index (χ3n) is 7.04. The highest BCUT2D eigenvalue weighted by molar-refractivity contribution is 7.89. The van der Waals surface area contributed by atoms with Gasteiger partial charge in [0, 0.05) is 56.1 Å². The van der Waals surface area contributed by atoms with Gasteiger partial charge in [-0.25, -0.2) is 8.42 Å². The van der Waals surface area contributed by atoms with Crippen LogP contribution in [0.5, 0.6) is 0 Å². The quantitative estimate of drug-likeness (QED) is 0.388. The van der Waals surface area contributed by atoms with Crippen molar-refractivity contribution in [3.63, 3.8) is 0 Å². The second-order valence-electron chi connectivity index (χ2n) is 9.48. The number of hydrogen-bond acceptors (Lipinski definition) is 6. The number of allylic oxidation sites excluding steroid dienone is 1. The number of ketones is 1. The van der Waals surface area contributed by atoms with Crippen LogP contribution in [0.25, 0.3) is 5.76 Å². The minimum absolute atomic E-state index is 0.0167. The molecule has 2 aliphatic rings. The van der Waals surface area contributed by atoms with Crippen molar-refractivity contribution in [2.75, 3.05) is 44.2 Å². The van der Waals surface area contributed by atoms with Crippen molar-refractivity contribution in [1.82, 2.24) is 9.21 Å². The van der Waals surface area contributed by atoms with Crippen LogP contribution in [0, 0.1) is 6.92 Å². The van der Waals surface area contributed by atoms with Crippen LogP contribution in [0.1, 0.15) is 27.9 Å². The van der Waals surface area contributed by atoms with Crippen LogP contribution in [-0.4, -0.2) is 67.8 Å². The van der Waals surface area contributed by atoms with Gasteiger partial charge in [0.2, 0.25) is 5.78 Å². The summed E-state index contributed by atoms with van der Waals surface area (Å²) in [6, 6.07) is 23.6. The number of aliphatic hydroxyl groups excluding tert-OH is 1. The maximum atomic E-state index is 13.6. The smallest absolute Gasteiger partial charge is 0.265 e. The first-order valence-corrected chi connectivity index (χ1v) is 14.0. The first kappa shape index (κ1) is 25.0. The van der Waals surface area contributed by atoms with E-state index >= 15 is 0 Å². The number of aliphatic hydroxyl groups is 1. The van der Waals surface area contributed by atoms with Crippen molar-refractivity contribution in [2.24, 2.45) is 0 Å². The minimum Gasteiger partial charge on any atom is -0.505 e. The molecule has 0 spiro atoms. The Morgan fingerprint density at radius 2 is 1.49 bits per heavy atom. The Balaban J connectivity index is 1.36. The molecule has 2 aliphatic heterocycles. The molecule has 5 rings (SSSR count). The van der Waals surface area contributed by atoms with E-state index in [2.05, 4.69) is 21.9 Å². The fourth-order valence-electron chi connectivity index (χ4n) is 4.97. The topological polar surface area (TPSA) is 81.2 Å². The highest BCUT2D eigenvalue weighted by atomic mass is 32.2. The van der Waals surface area contributed by atoms with Gasteiger partial charge in [-0.3, -0.25) is 14.0 Å². The maximum absolute atomic E-state index is 13.6. The van der Waals surface area contributed by atoms with E-state index < -0.39 is 15.8 Å². The first-order valence-electron chi connectivity index (χ1n) is 12.6. The highest BCUT2D eigenvalue weighted by Gasteiger charge is 2.41. The van der Waals surface area contributed by atoms with E-state index in [0.29, 0.717) is 18.5 Å². The molecule has 2 heterocycles. The van der Waals surface area contributed by atoms with E-state index in [9.17, 15) is 18.3 Å². The molecule has 0 bridgehead atoms. The number of para-hydroxylation sites is 1. The molecule has 0 amide bonds. The second-order valence-corrected chi connectivity index (χ2v) is 11.3. The summed E-state index contributed by atoms with van der Waals surface area (Å²) in [6.45, 7) is 6.28. The van der Waals surface area contributed by atoms with Crippen molar-refractivity contribution in [3.8, 4) is 0 Å². The molecule has 3 aromatic rings. The summed E-state index contributed by atoms with van der Waals surface area (Å²) in [6.07, 6.45) is 0.532. The number of carbonyl (C=O) groups is 1. The molecular formula is C29H31N3O4S. The van der Waals surface area contributed by atoms with E-state index in [1.54, 1.807) is 24.3 Å². The Morgan fingerprint density at radius 1 is 0.838 bits per heavy atom. The van der Waals surface area contributed by atoms with E-state index in [-0.39, 0.29) is 28.5 Å². The minimum atomic E-state index is -4.01. The summed E-state index contributed by atoms with van der Waals surface area (Å²) in [5.41, 5.74) is 2.52. The SMILES string of the molecule is Cc1ccc(C(O)=C2C(=O)c3ccccc3S(=O)(=O)N2CCCN2CCN(c3ccccc3)CC2)cc1. The third kappa shape index (κ3) is 4.99. The number of piperazine rings is 1. The van der Waals surface area contributed by atoms with Gasteiger partial charge in [-0.2, -0.15) is 0 Å². The molecule has 0 atom stereocenters. The summed E-state index contributed by atoms with van der Waals surface area (Å²) in [4.78, 5) is 18.1. The van der Waals surface area contributed by atoms with Gasteiger partial charge < -0.3 is 10.0 Å². The van der Waals surface area contributed by atoms with Gasteiger partial charge in [0.25, 0.3) is 10.0 Å². The monoisotopic (exact) mass is 517 g/mol. The zero-order chi connectivity index (χ0) is 26.0. The average molecular weight is 518 g/mol. The van der Waals surface area contributed by atoms with Crippen LogP contribution >= 0.6 is 0 Å². The first-order chi connectivity index (χ1) is 17.9. The van der Waals surface area contributed by atoms with Gasteiger partial charge in [0.1, 0.15) is 5.70 Å². The van der Waals surface area contributed by atoms with E-state index in [4.69, 9.17) is 0 Å². The Morgan fingerprint density at radius 3 is 2.19 bits per heavy atom. The number of sulfonamides is 1. The number of aryl methyl sites for hydroxylation is 1. The number of hydrogen-bond donors (Lipinski definition) is 1. The van der Waals surface area contributed by atoms with E-state index in [0.717, 1.165) is 36.0 Å². The molecule has 0 aromatic heterocycles. The predicted octanol–water partition coefficient (Wildman–Crippen LogP) is 4.32. The molecule has 192 valence electrons. The van der Waals surface area contributed by atoms with Crippen LogP contribution < -0.4 is 4.90 Å². The molecule has 8 heteroatoms. The molecule has 0 radical (unpaired) electrons. The van der Waals surface area contributed by atoms with Gasteiger partial charge in [0.15, 0.2) is 5.76 Å². The molecule has 1 fully saturated rings. The predicted molar refractivity (Wildman–Crippen MR) is 145 cm³/mol. The molecule has 0 aliphatic carbocycles. The molecule has 0 unspecified atom stereocenters. The number of fused-ring (bicyclic) bond motifs is 1. The number of Topliss-reactive ketones (excluding diaryl/α,β-unsaturated/α-hetero) is 1. The van der Waals surface area contributed by atoms with Crippen LogP contribution in [0.3, 0.4) is 0 Å². The van der Waals surface area contributed by atoms with Gasteiger partial charge in [-0.05, 0) is 37.6 Å². The fourth-order valence-corrected chi connectivity index (χ4v) is 6.68. The van der Waals surface area contributed by atoms with Crippen molar-refractivity contribution in [1.29, 1.82) is 0 Å². The van der Waals surface area contributed by atoms with Crippen LogP contribution in [0.15, 0.2) is 89.5 Å². The third-order valence-corrected chi connectivity index (χ3v) is 8.90. The molecule has 37 heavy (non-hydrogen) atoms. The largest absolute Gasteiger partial charge is 0.505 e. The Labute approximate surface area is 218 Å². The highest BCUT2D eigenvalue weighted by Crippen LogP contribution is 2.35. The lowest BCUT2D eigenvalue weighted by molar-refractivity contribution is 0.0997. The van der Waals surface area contributed by atoms with Crippen molar-refractivity contribution in [2.45, 2.75) is 18.2 Å². The van der Waals surface area contributed by atoms with Crippen LogP contribution in [-0.2, 0) is 10.0 Å². The van der Waals surface area contributed by atoms with Gasteiger partial charge in [0.05, 0.1) is 4.90 Å². The number of rotatable bonds is 6. The van der Waals surface area contributed by atoms with Gasteiger partial charge in [-0.1, -0.05) is 60.2 Å². The van der Waals surface area contributed by atoms with Crippen molar-refractivity contribution < 1.29 is 18.3 Å². The van der Waals surface area contributed by atoms with E-state index in [1.165, 1.54) is 17.8 Å². The zero-order valence-electron chi connectivity index (χ0n) is 20.9. The summed E-state index contributed by atoms with van der Waals surface area (Å²) in [5, 5.41) is 11.2. The van der Waals surface area contributed by atoms with Crippen molar-refractivity contribution in [3.05, 3.63) is 101 Å². The van der Waals surface area contributed by atoms with Gasteiger partial charge in [-0.15, -0.1) is 0 Å². The molecule has 1 N–H and O–H groups in total. The summed E-state index contributed by atoms with van der Waals surface area (Å²) >= 11 is 0. The number of anilines is 1. The fraction of sp³-hybridized carbons (Fsp3) is 0.276. The molecule has 0 saturated carbocycles. The standard InChI is InChI=1S/C29H31N3O4S/c1-22-12-14-23(15-13-22)28(33)27-29(34)25-10-5-6-11-26(25)37(35,36)32(27)17-7-16-30-18-20-31(21-19-30)24-8-3-2-4-9-24/h2-6,8-15,33H,7,16-21H2,1H3. The van der Waals surface area contributed by atoms with E-state index in [1.807, 2.05) is 37.3 Å². The van der Waals surface area contributed by atoms with Gasteiger partial charge >= 0.3 is 0 Å². The number of carbonyl (C=O) groups excluding carboxylic acids is 1. The van der Waals surface area contributed by atoms with Crippen LogP contribution in [0.2, 0.25) is 0 Å². The Bertz CT molecular complexity index is 1410.